The Hall–Kier alpha value is -3.48. The van der Waals surface area contributed by atoms with Gasteiger partial charge in [0.05, 0.1) is 18.5 Å². The fourth-order valence-electron chi connectivity index (χ4n) is 5.65. The molecule has 1 aliphatic heterocycles. The van der Waals surface area contributed by atoms with Crippen molar-refractivity contribution >= 4 is 48.9 Å². The van der Waals surface area contributed by atoms with Gasteiger partial charge in [-0.2, -0.15) is 12.7 Å². The number of rotatable bonds is 12. The minimum absolute atomic E-state index is 0.123. The summed E-state index contributed by atoms with van der Waals surface area (Å²) in [7, 11) is -2.19. The number of halogens is 1. The molecular weight excluding hydrogens is 646 g/mol. The van der Waals surface area contributed by atoms with Gasteiger partial charge in [-0.05, 0) is 85.7 Å². The molecule has 0 saturated heterocycles. The van der Waals surface area contributed by atoms with Crippen LogP contribution in [0.25, 0.3) is 11.0 Å². The van der Waals surface area contributed by atoms with Gasteiger partial charge in [0.1, 0.15) is 11.3 Å². The second-order valence-electron chi connectivity index (χ2n) is 11.0. The van der Waals surface area contributed by atoms with E-state index in [0.29, 0.717) is 5.75 Å². The highest BCUT2D eigenvalue weighted by atomic mass is 79.9. The number of unbranched alkanes of at least 4 members (excludes halogenated alkanes) is 1. The van der Waals surface area contributed by atoms with Crippen LogP contribution in [0.2, 0.25) is 0 Å². The molecule has 234 valence electrons. The summed E-state index contributed by atoms with van der Waals surface area (Å²) in [5.41, 5.74) is 7.98. The largest absolute Gasteiger partial charge is 0.466 e. The molecule has 4 aromatic rings. The van der Waals surface area contributed by atoms with E-state index < -0.39 is 10.3 Å². The molecule has 0 amide bonds. The number of fused-ring (bicyclic) bond motifs is 2. The third kappa shape index (κ3) is 6.77. The molecule has 44 heavy (non-hydrogen) atoms. The summed E-state index contributed by atoms with van der Waals surface area (Å²) in [5.74, 6) is -0.294. The molecule has 1 unspecified atom stereocenters. The first kappa shape index (κ1) is 31.9. The predicted molar refractivity (Wildman–Crippen MR) is 174 cm³/mol. The topological polar surface area (TPSA) is 116 Å². The second kappa shape index (κ2) is 13.7. The molecule has 1 aromatic heterocycles. The zero-order chi connectivity index (χ0) is 31.4. The lowest BCUT2D eigenvalue weighted by molar-refractivity contribution is -0.143. The lowest BCUT2D eigenvalue weighted by Crippen LogP contribution is -2.37. The number of nitrogens with one attached hydrogen (secondary N) is 1. The van der Waals surface area contributed by atoms with Crippen molar-refractivity contribution < 1.29 is 22.1 Å². The lowest BCUT2D eigenvalue weighted by atomic mass is 9.84. The third-order valence-corrected chi connectivity index (χ3v) is 9.96. The summed E-state index contributed by atoms with van der Waals surface area (Å²) >= 11 is 3.48. The highest BCUT2D eigenvalue weighted by Crippen LogP contribution is 2.36. The number of nitrogens with zero attached hydrogens (tertiary/aromatic N) is 4. The molecule has 1 aliphatic rings. The van der Waals surface area contributed by atoms with Crippen molar-refractivity contribution in [2.45, 2.75) is 65.6 Å². The Morgan fingerprint density at radius 1 is 1.14 bits per heavy atom. The van der Waals surface area contributed by atoms with Crippen LogP contribution < -0.4 is 9.50 Å². The van der Waals surface area contributed by atoms with E-state index in [1.54, 1.807) is 19.1 Å². The van der Waals surface area contributed by atoms with Gasteiger partial charge >= 0.3 is 16.3 Å². The van der Waals surface area contributed by atoms with Crippen LogP contribution in [-0.2, 0) is 39.5 Å². The number of hydrogen-bond acceptors (Lipinski definition) is 8. The Kier molecular flexibility index (Phi) is 9.91. The van der Waals surface area contributed by atoms with Crippen LogP contribution in [0.3, 0.4) is 0 Å². The van der Waals surface area contributed by atoms with E-state index in [4.69, 9.17) is 8.92 Å². The highest BCUT2D eigenvalue weighted by molar-refractivity contribution is 9.09. The Bertz CT molecular complexity index is 1770. The number of benzene rings is 3. The maximum Gasteiger partial charge on any atom is 0.385 e. The molecule has 0 spiro atoms. The van der Waals surface area contributed by atoms with Gasteiger partial charge in [0.25, 0.3) is 0 Å². The summed E-state index contributed by atoms with van der Waals surface area (Å²) in [6.45, 7) is 7.13. The van der Waals surface area contributed by atoms with E-state index in [2.05, 4.69) is 31.6 Å². The standard InChI is InChI=1S/C32H38BrN5O5S/c1-5-42-31(39)18-28(27-11-12-29-32(22(27)3)35-36-38(29)15-7-6-14-33)23-9-8-21(2)24(16-23)19-37-20-25-17-26(34-4)10-13-30(25)43-44(37,40)41/h8-13,16-17,28,34H,5-7,14-15,18-20H2,1-4H3. The molecule has 0 radical (unpaired) electrons. The van der Waals surface area contributed by atoms with Crippen LogP contribution in [0.15, 0.2) is 48.5 Å². The zero-order valence-electron chi connectivity index (χ0n) is 25.5. The van der Waals surface area contributed by atoms with Crippen molar-refractivity contribution in [1.29, 1.82) is 0 Å². The minimum Gasteiger partial charge on any atom is -0.466 e. The Balaban J connectivity index is 1.50. The van der Waals surface area contributed by atoms with Gasteiger partial charge in [-0.25, -0.2) is 4.68 Å². The minimum atomic E-state index is -4.00. The van der Waals surface area contributed by atoms with Crippen molar-refractivity contribution in [1.82, 2.24) is 19.3 Å². The quantitative estimate of drug-likeness (QED) is 0.110. The molecule has 1 N–H and O–H groups in total. The molecule has 3 aromatic carbocycles. The van der Waals surface area contributed by atoms with Gasteiger partial charge < -0.3 is 14.2 Å². The van der Waals surface area contributed by atoms with E-state index in [-0.39, 0.29) is 38.0 Å². The average Bonchev–Trinajstić information content (AvgIpc) is 3.41. The molecule has 2 heterocycles. The summed E-state index contributed by atoms with van der Waals surface area (Å²) in [5, 5.41) is 12.9. The second-order valence-corrected chi connectivity index (χ2v) is 13.3. The maximum atomic E-state index is 13.1. The molecule has 1 atom stereocenters. The van der Waals surface area contributed by atoms with E-state index in [9.17, 15) is 13.2 Å². The summed E-state index contributed by atoms with van der Waals surface area (Å²) in [4.78, 5) is 12.9. The van der Waals surface area contributed by atoms with Crippen LogP contribution in [0.5, 0.6) is 5.75 Å². The SMILES string of the molecule is CCOC(=O)CC(c1ccc(C)c(CN2Cc3cc(NC)ccc3OS2(=O)=O)c1)c1ccc2c(nnn2CCCCBr)c1C. The average molecular weight is 685 g/mol. The van der Waals surface area contributed by atoms with Gasteiger partial charge in [0, 0.05) is 49.2 Å². The van der Waals surface area contributed by atoms with Crippen LogP contribution >= 0.6 is 15.9 Å². The third-order valence-electron chi connectivity index (χ3n) is 8.12. The van der Waals surface area contributed by atoms with Crippen LogP contribution in [0.1, 0.15) is 65.5 Å². The van der Waals surface area contributed by atoms with Crippen LogP contribution in [0.4, 0.5) is 5.69 Å². The highest BCUT2D eigenvalue weighted by Gasteiger charge is 2.32. The summed E-state index contributed by atoms with van der Waals surface area (Å²) < 4.78 is 40.4. The maximum absolute atomic E-state index is 13.1. The lowest BCUT2D eigenvalue weighted by Gasteiger charge is -2.29. The van der Waals surface area contributed by atoms with Gasteiger partial charge in [0.2, 0.25) is 0 Å². The number of ether oxygens (including phenoxy) is 1. The number of aromatic nitrogens is 3. The van der Waals surface area contributed by atoms with Crippen molar-refractivity contribution in [2.24, 2.45) is 0 Å². The predicted octanol–water partition coefficient (Wildman–Crippen LogP) is 5.99. The number of aryl methyl sites for hydroxylation is 3. The molecule has 0 bridgehead atoms. The first-order chi connectivity index (χ1) is 21.1. The number of hydrogen-bond donors (Lipinski definition) is 1. The Morgan fingerprint density at radius 2 is 1.95 bits per heavy atom. The molecule has 10 nitrogen and oxygen atoms in total. The van der Waals surface area contributed by atoms with Crippen molar-refractivity contribution in [3.05, 3.63) is 81.9 Å². The van der Waals surface area contributed by atoms with Gasteiger partial charge in [0.15, 0.2) is 0 Å². The fourth-order valence-corrected chi connectivity index (χ4v) is 7.14. The summed E-state index contributed by atoms with van der Waals surface area (Å²) in [6.07, 6.45) is 2.17. The monoisotopic (exact) mass is 683 g/mol. The molecular formula is C32H38BrN5O5S. The van der Waals surface area contributed by atoms with Gasteiger partial charge in [-0.15, -0.1) is 5.10 Å². The number of anilines is 1. The first-order valence-electron chi connectivity index (χ1n) is 14.8. The fraction of sp³-hybridized carbons (Fsp3) is 0.406. The smallest absolute Gasteiger partial charge is 0.385 e. The molecule has 12 heteroatoms. The number of carbonyl (C=O) groups excluding carboxylic acids is 1. The van der Waals surface area contributed by atoms with Crippen LogP contribution in [-0.4, -0.2) is 52.7 Å². The molecule has 5 rings (SSSR count). The first-order valence-corrected chi connectivity index (χ1v) is 17.3. The van der Waals surface area contributed by atoms with E-state index in [1.165, 1.54) is 4.31 Å². The van der Waals surface area contributed by atoms with Crippen molar-refractivity contribution in [2.75, 3.05) is 24.3 Å². The number of esters is 1. The van der Waals surface area contributed by atoms with E-state index >= 15 is 0 Å². The normalized spacial score (nSPS) is 15.0. The Morgan fingerprint density at radius 3 is 2.70 bits per heavy atom. The number of alkyl halides is 1. The van der Waals surface area contributed by atoms with Crippen molar-refractivity contribution in [3.8, 4) is 5.75 Å². The molecule has 0 fully saturated rings. The van der Waals surface area contributed by atoms with E-state index in [1.807, 2.05) is 62.0 Å². The number of carbonyl (C=O) groups is 1. The van der Waals surface area contributed by atoms with Gasteiger partial charge in [-0.1, -0.05) is 45.4 Å². The van der Waals surface area contributed by atoms with E-state index in [0.717, 1.165) is 74.8 Å². The van der Waals surface area contributed by atoms with Crippen molar-refractivity contribution in [3.63, 3.8) is 0 Å². The zero-order valence-corrected chi connectivity index (χ0v) is 27.9. The molecule has 0 aliphatic carbocycles. The summed E-state index contributed by atoms with van der Waals surface area (Å²) in [6, 6.07) is 15.4. The molecule has 0 saturated carbocycles. The Labute approximate surface area is 267 Å². The van der Waals surface area contributed by atoms with Crippen LogP contribution in [0, 0.1) is 13.8 Å². The van der Waals surface area contributed by atoms with Gasteiger partial charge in [-0.3, -0.25) is 4.79 Å².